The molecule has 0 spiro atoms. The number of carbonyl (C=O) groups excluding carboxylic acids is 1. The van der Waals surface area contributed by atoms with Gasteiger partial charge in [-0.1, -0.05) is 37.5 Å². The lowest BCUT2D eigenvalue weighted by atomic mass is 9.93. The fourth-order valence-corrected chi connectivity index (χ4v) is 3.38. The van der Waals surface area contributed by atoms with Crippen molar-refractivity contribution in [3.63, 3.8) is 0 Å². The van der Waals surface area contributed by atoms with Crippen molar-refractivity contribution in [3.8, 4) is 0 Å². The molecule has 2 N–H and O–H groups in total. The largest absolute Gasteiger partial charge is 0.480 e. The summed E-state index contributed by atoms with van der Waals surface area (Å²) in [6.07, 6.45) is 5.19. The summed E-state index contributed by atoms with van der Waals surface area (Å²) in [5.74, 6) is -1.19. The molecular formula is C17H21N3O3. The summed E-state index contributed by atoms with van der Waals surface area (Å²) < 4.78 is 0. The number of aliphatic carboxylic acids is 1. The van der Waals surface area contributed by atoms with Gasteiger partial charge in [0.2, 0.25) is 0 Å². The molecule has 3 rings (SSSR count). The Kier molecular flexibility index (Phi) is 4.60. The Morgan fingerprint density at radius 1 is 1.17 bits per heavy atom. The standard InChI is InChI=1S/C17H21N3O3/c21-16-14(19-18-12-7-3-1-4-8-12)11-15(17(22)23)20(16)13-9-5-2-6-10-13/h1,3-4,7-8,13,15,18H,2,5-6,9-11H2,(H,22,23)/b19-14+/t15-/m0/s1. The van der Waals surface area contributed by atoms with Gasteiger partial charge in [0.25, 0.3) is 5.91 Å². The third kappa shape index (κ3) is 3.36. The lowest BCUT2D eigenvalue weighted by molar-refractivity contribution is -0.147. The molecule has 1 aliphatic carbocycles. The van der Waals surface area contributed by atoms with Crippen LogP contribution in [0.2, 0.25) is 0 Å². The summed E-state index contributed by atoms with van der Waals surface area (Å²) in [6, 6.07) is 8.56. The maximum absolute atomic E-state index is 12.6. The first-order valence-corrected chi connectivity index (χ1v) is 8.10. The van der Waals surface area contributed by atoms with Gasteiger partial charge in [-0.2, -0.15) is 5.10 Å². The molecule has 2 fully saturated rings. The molecule has 1 aromatic carbocycles. The molecule has 0 radical (unpaired) electrons. The normalized spacial score (nSPS) is 24.2. The molecule has 0 bridgehead atoms. The van der Waals surface area contributed by atoms with Crippen LogP contribution in [0, 0.1) is 0 Å². The molecule has 1 atom stereocenters. The predicted molar refractivity (Wildman–Crippen MR) is 87.3 cm³/mol. The van der Waals surface area contributed by atoms with Crippen molar-refractivity contribution in [2.24, 2.45) is 5.10 Å². The molecule has 1 heterocycles. The average molecular weight is 315 g/mol. The molecule has 2 aliphatic rings. The van der Waals surface area contributed by atoms with Crippen molar-refractivity contribution in [3.05, 3.63) is 30.3 Å². The summed E-state index contributed by atoms with van der Waals surface area (Å²) in [5, 5.41) is 13.6. The lowest BCUT2D eigenvalue weighted by Gasteiger charge is -2.33. The van der Waals surface area contributed by atoms with Crippen molar-refractivity contribution in [2.45, 2.75) is 50.6 Å². The second-order valence-electron chi connectivity index (χ2n) is 6.10. The van der Waals surface area contributed by atoms with E-state index in [0.717, 1.165) is 37.8 Å². The number of nitrogens with zero attached hydrogens (tertiary/aromatic N) is 2. The first-order chi connectivity index (χ1) is 11.2. The zero-order chi connectivity index (χ0) is 16.2. The van der Waals surface area contributed by atoms with E-state index < -0.39 is 12.0 Å². The van der Waals surface area contributed by atoms with Gasteiger partial charge in [0.15, 0.2) is 0 Å². The monoisotopic (exact) mass is 315 g/mol. The van der Waals surface area contributed by atoms with Crippen molar-refractivity contribution >= 4 is 23.3 Å². The highest BCUT2D eigenvalue weighted by Gasteiger charge is 2.44. The number of amides is 1. The quantitative estimate of drug-likeness (QED) is 0.836. The second kappa shape index (κ2) is 6.81. The number of hydrogen-bond donors (Lipinski definition) is 2. The fourth-order valence-electron chi connectivity index (χ4n) is 3.38. The van der Waals surface area contributed by atoms with Crippen LogP contribution in [0.25, 0.3) is 0 Å². The lowest BCUT2D eigenvalue weighted by Crippen LogP contribution is -2.46. The molecule has 122 valence electrons. The molecule has 6 nitrogen and oxygen atoms in total. The van der Waals surface area contributed by atoms with E-state index in [9.17, 15) is 14.7 Å². The first kappa shape index (κ1) is 15.5. The zero-order valence-electron chi connectivity index (χ0n) is 12.9. The minimum absolute atomic E-state index is 0.0294. The number of hydrazone groups is 1. The number of benzene rings is 1. The Balaban J connectivity index is 1.77. The van der Waals surface area contributed by atoms with Gasteiger partial charge in [0, 0.05) is 12.5 Å². The fraction of sp³-hybridized carbons (Fsp3) is 0.471. The molecule has 0 aromatic heterocycles. The Morgan fingerprint density at radius 3 is 2.52 bits per heavy atom. The van der Waals surface area contributed by atoms with Gasteiger partial charge in [0.1, 0.15) is 11.8 Å². The van der Waals surface area contributed by atoms with Crippen LogP contribution in [0.4, 0.5) is 5.69 Å². The van der Waals surface area contributed by atoms with Crippen LogP contribution in [-0.4, -0.2) is 39.7 Å². The molecular weight excluding hydrogens is 294 g/mol. The van der Waals surface area contributed by atoms with Crippen molar-refractivity contribution in [1.29, 1.82) is 0 Å². The number of hydrogen-bond acceptors (Lipinski definition) is 4. The molecule has 1 amide bonds. The highest BCUT2D eigenvalue weighted by molar-refractivity contribution is 6.42. The van der Waals surface area contributed by atoms with E-state index in [2.05, 4.69) is 10.5 Å². The van der Waals surface area contributed by atoms with E-state index >= 15 is 0 Å². The Hall–Kier alpha value is -2.37. The molecule has 1 aliphatic heterocycles. The zero-order valence-corrected chi connectivity index (χ0v) is 12.9. The van der Waals surface area contributed by atoms with Gasteiger partial charge in [0.05, 0.1) is 5.69 Å². The Morgan fingerprint density at radius 2 is 1.87 bits per heavy atom. The van der Waals surface area contributed by atoms with Crippen molar-refractivity contribution < 1.29 is 14.7 Å². The van der Waals surface area contributed by atoms with Crippen LogP contribution in [0.3, 0.4) is 0 Å². The number of carbonyl (C=O) groups is 2. The van der Waals surface area contributed by atoms with Gasteiger partial charge < -0.3 is 10.0 Å². The van der Waals surface area contributed by atoms with Gasteiger partial charge in [-0.3, -0.25) is 10.2 Å². The number of rotatable bonds is 4. The van der Waals surface area contributed by atoms with E-state index in [4.69, 9.17) is 0 Å². The minimum atomic E-state index is -0.950. The van der Waals surface area contributed by atoms with Crippen molar-refractivity contribution in [2.75, 3.05) is 5.43 Å². The van der Waals surface area contributed by atoms with Gasteiger partial charge in [-0.15, -0.1) is 0 Å². The summed E-state index contributed by atoms with van der Waals surface area (Å²) in [4.78, 5) is 25.7. The number of anilines is 1. The number of para-hydroxylation sites is 1. The summed E-state index contributed by atoms with van der Waals surface area (Å²) in [6.45, 7) is 0. The molecule has 1 saturated heterocycles. The van der Waals surface area contributed by atoms with Crippen LogP contribution in [0.1, 0.15) is 38.5 Å². The van der Waals surface area contributed by atoms with Gasteiger partial charge >= 0.3 is 5.97 Å². The van der Waals surface area contributed by atoms with E-state index in [1.807, 2.05) is 30.3 Å². The first-order valence-electron chi connectivity index (χ1n) is 8.10. The van der Waals surface area contributed by atoms with Crippen LogP contribution in [-0.2, 0) is 9.59 Å². The van der Waals surface area contributed by atoms with Crippen LogP contribution in [0.5, 0.6) is 0 Å². The van der Waals surface area contributed by atoms with Gasteiger partial charge in [-0.05, 0) is 25.0 Å². The van der Waals surface area contributed by atoms with Gasteiger partial charge in [-0.25, -0.2) is 4.79 Å². The molecule has 0 unspecified atom stereocenters. The maximum atomic E-state index is 12.6. The van der Waals surface area contributed by atoms with E-state index in [1.165, 1.54) is 0 Å². The number of carboxylic acids is 1. The third-order valence-electron chi connectivity index (χ3n) is 4.55. The smallest absolute Gasteiger partial charge is 0.326 e. The van der Waals surface area contributed by atoms with E-state index in [-0.39, 0.29) is 18.4 Å². The third-order valence-corrected chi connectivity index (χ3v) is 4.55. The maximum Gasteiger partial charge on any atom is 0.326 e. The van der Waals surface area contributed by atoms with E-state index in [0.29, 0.717) is 5.71 Å². The SMILES string of the molecule is O=C(O)[C@@H]1C/C(=N\Nc2ccccc2)C(=O)N1C1CCCCC1. The molecule has 1 saturated carbocycles. The Bertz CT molecular complexity index is 609. The average Bonchev–Trinajstić information content (AvgIpc) is 2.92. The summed E-state index contributed by atoms with van der Waals surface area (Å²) in [5.41, 5.74) is 3.92. The highest BCUT2D eigenvalue weighted by Crippen LogP contribution is 2.29. The molecule has 23 heavy (non-hydrogen) atoms. The number of likely N-dealkylation sites (tertiary alicyclic amines) is 1. The summed E-state index contributed by atoms with van der Waals surface area (Å²) in [7, 11) is 0. The second-order valence-corrected chi connectivity index (χ2v) is 6.10. The number of carboxylic acid groups (broad SMARTS) is 1. The Labute approximate surface area is 135 Å². The van der Waals surface area contributed by atoms with Crippen LogP contribution < -0.4 is 5.43 Å². The molecule has 1 aromatic rings. The van der Waals surface area contributed by atoms with E-state index in [1.54, 1.807) is 4.90 Å². The minimum Gasteiger partial charge on any atom is -0.480 e. The highest BCUT2D eigenvalue weighted by atomic mass is 16.4. The topological polar surface area (TPSA) is 82.0 Å². The van der Waals surface area contributed by atoms with Crippen molar-refractivity contribution in [1.82, 2.24) is 4.90 Å². The molecule has 6 heteroatoms. The predicted octanol–water partition coefficient (Wildman–Crippen LogP) is 2.47. The summed E-state index contributed by atoms with van der Waals surface area (Å²) >= 11 is 0. The number of nitrogens with one attached hydrogen (secondary N) is 1. The van der Waals surface area contributed by atoms with Crippen LogP contribution in [0.15, 0.2) is 35.4 Å². The van der Waals surface area contributed by atoms with Crippen LogP contribution >= 0.6 is 0 Å².